The molecule has 0 aliphatic rings. The van der Waals surface area contributed by atoms with Gasteiger partial charge in [-0.3, -0.25) is 0 Å². The summed E-state index contributed by atoms with van der Waals surface area (Å²) in [7, 11) is 0. The molecular formula is C9H21NOS. The van der Waals surface area contributed by atoms with Crippen molar-refractivity contribution >= 4 is 11.8 Å². The van der Waals surface area contributed by atoms with Crippen molar-refractivity contribution in [2.75, 3.05) is 11.5 Å². The lowest BCUT2D eigenvalue weighted by Crippen LogP contribution is -2.31. The van der Waals surface area contributed by atoms with Crippen LogP contribution in [0.3, 0.4) is 0 Å². The van der Waals surface area contributed by atoms with Gasteiger partial charge in [-0.05, 0) is 19.8 Å². The van der Waals surface area contributed by atoms with E-state index >= 15 is 0 Å². The third-order valence-corrected chi connectivity index (χ3v) is 3.57. The van der Waals surface area contributed by atoms with Crippen LogP contribution in [0, 0.1) is 0 Å². The molecule has 0 aromatic rings. The summed E-state index contributed by atoms with van der Waals surface area (Å²) in [5, 5.41) is 9.88. The molecule has 0 spiro atoms. The quantitative estimate of drug-likeness (QED) is 0.670. The predicted molar refractivity (Wildman–Crippen MR) is 56.5 cm³/mol. The SMILES string of the molecule is CCC(O)(CC)CSCC(C)N. The Kier molecular flexibility index (Phi) is 5.97. The van der Waals surface area contributed by atoms with E-state index in [1.165, 1.54) is 0 Å². The Morgan fingerprint density at radius 2 is 1.92 bits per heavy atom. The molecule has 0 amide bonds. The van der Waals surface area contributed by atoms with Gasteiger partial charge in [0.05, 0.1) is 5.60 Å². The molecule has 2 nitrogen and oxygen atoms in total. The van der Waals surface area contributed by atoms with Gasteiger partial charge in [0.1, 0.15) is 0 Å². The third-order valence-electron chi connectivity index (χ3n) is 2.07. The van der Waals surface area contributed by atoms with Crippen LogP contribution in [-0.4, -0.2) is 28.3 Å². The second-order valence-electron chi connectivity index (χ2n) is 3.42. The summed E-state index contributed by atoms with van der Waals surface area (Å²) >= 11 is 1.74. The van der Waals surface area contributed by atoms with E-state index in [1.807, 2.05) is 20.8 Å². The van der Waals surface area contributed by atoms with E-state index in [0.29, 0.717) is 0 Å². The van der Waals surface area contributed by atoms with Gasteiger partial charge in [0.2, 0.25) is 0 Å². The fourth-order valence-corrected chi connectivity index (χ4v) is 2.17. The molecule has 0 radical (unpaired) electrons. The standard InChI is InChI=1S/C9H21NOS/c1-4-9(11,5-2)7-12-6-8(3)10/h8,11H,4-7,10H2,1-3H3. The van der Waals surface area contributed by atoms with E-state index in [1.54, 1.807) is 11.8 Å². The molecule has 1 atom stereocenters. The van der Waals surface area contributed by atoms with Gasteiger partial charge >= 0.3 is 0 Å². The van der Waals surface area contributed by atoms with Crippen molar-refractivity contribution in [2.24, 2.45) is 5.73 Å². The van der Waals surface area contributed by atoms with Gasteiger partial charge in [0.25, 0.3) is 0 Å². The number of nitrogens with two attached hydrogens (primary N) is 1. The average Bonchev–Trinajstić information content (AvgIpc) is 2.03. The van der Waals surface area contributed by atoms with Crippen molar-refractivity contribution < 1.29 is 5.11 Å². The second-order valence-corrected chi connectivity index (χ2v) is 4.45. The van der Waals surface area contributed by atoms with Crippen molar-refractivity contribution in [1.82, 2.24) is 0 Å². The van der Waals surface area contributed by atoms with Gasteiger partial charge in [-0.15, -0.1) is 0 Å². The summed E-state index contributed by atoms with van der Waals surface area (Å²) in [5.74, 6) is 1.74. The van der Waals surface area contributed by atoms with Crippen LogP contribution in [-0.2, 0) is 0 Å². The topological polar surface area (TPSA) is 46.2 Å². The number of hydrogen-bond donors (Lipinski definition) is 2. The number of aliphatic hydroxyl groups is 1. The van der Waals surface area contributed by atoms with Crippen molar-refractivity contribution in [3.63, 3.8) is 0 Å². The van der Waals surface area contributed by atoms with E-state index in [4.69, 9.17) is 5.73 Å². The molecule has 3 N–H and O–H groups in total. The molecule has 0 aliphatic heterocycles. The minimum atomic E-state index is -0.473. The normalized spacial score (nSPS) is 14.8. The molecule has 0 aromatic carbocycles. The molecule has 74 valence electrons. The first-order valence-corrected chi connectivity index (χ1v) is 5.75. The van der Waals surface area contributed by atoms with Crippen LogP contribution in [0.2, 0.25) is 0 Å². The van der Waals surface area contributed by atoms with Crippen LogP contribution in [0.25, 0.3) is 0 Å². The Morgan fingerprint density at radius 3 is 2.25 bits per heavy atom. The van der Waals surface area contributed by atoms with Crippen LogP contribution >= 0.6 is 11.8 Å². The van der Waals surface area contributed by atoms with Crippen LogP contribution in [0.1, 0.15) is 33.6 Å². The van der Waals surface area contributed by atoms with Crippen LogP contribution in [0.4, 0.5) is 0 Å². The lowest BCUT2D eigenvalue weighted by atomic mass is 10.0. The third kappa shape index (κ3) is 5.01. The molecule has 0 aliphatic carbocycles. The van der Waals surface area contributed by atoms with E-state index in [0.717, 1.165) is 24.3 Å². The van der Waals surface area contributed by atoms with Crippen molar-refractivity contribution in [2.45, 2.75) is 45.3 Å². The Morgan fingerprint density at radius 1 is 1.42 bits per heavy atom. The minimum Gasteiger partial charge on any atom is -0.389 e. The monoisotopic (exact) mass is 191 g/mol. The lowest BCUT2D eigenvalue weighted by molar-refractivity contribution is 0.0572. The molecule has 0 saturated heterocycles. The summed E-state index contributed by atoms with van der Waals surface area (Å²) in [6.45, 7) is 6.04. The second kappa shape index (κ2) is 5.84. The molecule has 0 fully saturated rings. The maximum atomic E-state index is 9.88. The molecule has 3 heteroatoms. The van der Waals surface area contributed by atoms with E-state index < -0.39 is 5.60 Å². The van der Waals surface area contributed by atoms with Crippen LogP contribution in [0.15, 0.2) is 0 Å². The Hall–Kier alpha value is 0.270. The molecule has 12 heavy (non-hydrogen) atoms. The van der Waals surface area contributed by atoms with Crippen molar-refractivity contribution in [1.29, 1.82) is 0 Å². The zero-order chi connectivity index (χ0) is 9.61. The van der Waals surface area contributed by atoms with Crippen LogP contribution in [0.5, 0.6) is 0 Å². The smallest absolute Gasteiger partial charge is 0.0732 e. The fourth-order valence-electron chi connectivity index (χ4n) is 0.889. The summed E-state index contributed by atoms with van der Waals surface area (Å²) in [6, 6.07) is 0.230. The maximum absolute atomic E-state index is 9.88. The number of rotatable bonds is 6. The first-order valence-electron chi connectivity index (χ1n) is 4.59. The minimum absolute atomic E-state index is 0.230. The van der Waals surface area contributed by atoms with E-state index in [9.17, 15) is 5.11 Å². The van der Waals surface area contributed by atoms with E-state index in [-0.39, 0.29) is 6.04 Å². The first-order chi connectivity index (χ1) is 5.54. The highest BCUT2D eigenvalue weighted by molar-refractivity contribution is 7.99. The zero-order valence-electron chi connectivity index (χ0n) is 8.34. The Bertz CT molecular complexity index is 113. The van der Waals surface area contributed by atoms with Crippen molar-refractivity contribution in [3.05, 3.63) is 0 Å². The molecular weight excluding hydrogens is 170 g/mol. The van der Waals surface area contributed by atoms with Gasteiger partial charge in [-0.25, -0.2) is 0 Å². The molecule has 0 saturated carbocycles. The summed E-state index contributed by atoms with van der Waals surface area (Å²) in [5.41, 5.74) is 5.13. The van der Waals surface area contributed by atoms with Gasteiger partial charge < -0.3 is 10.8 Å². The highest BCUT2D eigenvalue weighted by Crippen LogP contribution is 2.20. The molecule has 0 rings (SSSR count). The summed E-state index contributed by atoms with van der Waals surface area (Å²) < 4.78 is 0. The van der Waals surface area contributed by atoms with Gasteiger partial charge in [-0.2, -0.15) is 11.8 Å². The van der Waals surface area contributed by atoms with Crippen LogP contribution < -0.4 is 5.73 Å². The lowest BCUT2D eigenvalue weighted by Gasteiger charge is -2.24. The summed E-state index contributed by atoms with van der Waals surface area (Å²) in [6.07, 6.45) is 1.66. The number of hydrogen-bond acceptors (Lipinski definition) is 3. The summed E-state index contributed by atoms with van der Waals surface area (Å²) in [4.78, 5) is 0. The molecule has 1 unspecified atom stereocenters. The zero-order valence-corrected chi connectivity index (χ0v) is 9.16. The highest BCUT2D eigenvalue weighted by Gasteiger charge is 2.21. The Labute approximate surface area is 79.9 Å². The molecule has 0 aromatic heterocycles. The highest BCUT2D eigenvalue weighted by atomic mass is 32.2. The fraction of sp³-hybridized carbons (Fsp3) is 1.00. The van der Waals surface area contributed by atoms with Crippen molar-refractivity contribution in [3.8, 4) is 0 Å². The Balaban J connectivity index is 3.58. The van der Waals surface area contributed by atoms with Gasteiger partial charge in [-0.1, -0.05) is 13.8 Å². The van der Waals surface area contributed by atoms with Gasteiger partial charge in [0, 0.05) is 17.5 Å². The number of thioether (sulfide) groups is 1. The largest absolute Gasteiger partial charge is 0.389 e. The average molecular weight is 191 g/mol. The van der Waals surface area contributed by atoms with Gasteiger partial charge in [0.15, 0.2) is 0 Å². The maximum Gasteiger partial charge on any atom is 0.0732 e. The van der Waals surface area contributed by atoms with E-state index in [2.05, 4.69) is 0 Å². The molecule has 0 heterocycles. The predicted octanol–water partition coefficient (Wildman–Crippen LogP) is 1.62. The molecule has 0 bridgehead atoms. The first kappa shape index (κ1) is 12.3.